The van der Waals surface area contributed by atoms with Crippen LogP contribution in [0.3, 0.4) is 0 Å². The Hall–Kier alpha value is -2.49. The van der Waals surface area contributed by atoms with E-state index in [0.717, 1.165) is 23.9 Å². The quantitative estimate of drug-likeness (QED) is 0.737. The van der Waals surface area contributed by atoms with Crippen LogP contribution < -0.4 is 5.56 Å². The second-order valence-electron chi connectivity index (χ2n) is 5.11. The molecule has 0 bridgehead atoms. The van der Waals surface area contributed by atoms with E-state index in [9.17, 15) is 4.79 Å². The lowest BCUT2D eigenvalue weighted by Crippen LogP contribution is -2.24. The summed E-state index contributed by atoms with van der Waals surface area (Å²) < 4.78 is 1.83. The summed E-state index contributed by atoms with van der Waals surface area (Å²) in [4.78, 5) is 20.8. The Morgan fingerprint density at radius 1 is 1.14 bits per heavy atom. The second kappa shape index (κ2) is 5.87. The van der Waals surface area contributed by atoms with Gasteiger partial charge in [-0.05, 0) is 43.5 Å². The third-order valence-electron chi connectivity index (χ3n) is 3.59. The molecule has 0 aliphatic carbocycles. The van der Waals surface area contributed by atoms with E-state index in [4.69, 9.17) is 0 Å². The fourth-order valence-electron chi connectivity index (χ4n) is 2.53. The Labute approximate surface area is 123 Å². The van der Waals surface area contributed by atoms with Gasteiger partial charge < -0.3 is 4.57 Å². The van der Waals surface area contributed by atoms with Crippen molar-refractivity contribution >= 4 is 11.0 Å². The molecule has 0 N–H and O–H groups in total. The molecule has 0 amide bonds. The van der Waals surface area contributed by atoms with Gasteiger partial charge in [0.05, 0.1) is 11.0 Å². The summed E-state index contributed by atoms with van der Waals surface area (Å²) in [5, 5.41) is 0. The van der Waals surface area contributed by atoms with Crippen molar-refractivity contribution in [3.05, 3.63) is 70.4 Å². The standard InChI is InChI=1S/C17H17N3O/c1-13-17(21)20(16-9-3-2-8-15(16)19-13)11-5-7-14-6-4-10-18-12-14/h2-4,6,8-10,12H,5,7,11H2,1H3. The molecule has 0 aliphatic heterocycles. The third kappa shape index (κ3) is 2.84. The van der Waals surface area contributed by atoms with E-state index in [-0.39, 0.29) is 5.56 Å². The number of pyridine rings is 1. The fourth-order valence-corrected chi connectivity index (χ4v) is 2.53. The van der Waals surface area contributed by atoms with Crippen LogP contribution in [0.5, 0.6) is 0 Å². The molecule has 3 rings (SSSR count). The van der Waals surface area contributed by atoms with Gasteiger partial charge in [0.15, 0.2) is 0 Å². The van der Waals surface area contributed by atoms with E-state index < -0.39 is 0 Å². The lowest BCUT2D eigenvalue weighted by atomic mass is 10.1. The largest absolute Gasteiger partial charge is 0.305 e. The Kier molecular flexibility index (Phi) is 3.77. The summed E-state index contributed by atoms with van der Waals surface area (Å²) in [6.45, 7) is 2.46. The molecule has 21 heavy (non-hydrogen) atoms. The van der Waals surface area contributed by atoms with Crippen molar-refractivity contribution in [3.8, 4) is 0 Å². The molecule has 2 aromatic heterocycles. The van der Waals surface area contributed by atoms with Gasteiger partial charge in [0.25, 0.3) is 5.56 Å². The third-order valence-corrected chi connectivity index (χ3v) is 3.59. The molecule has 0 spiro atoms. The highest BCUT2D eigenvalue weighted by molar-refractivity contribution is 5.74. The zero-order valence-corrected chi connectivity index (χ0v) is 12.0. The van der Waals surface area contributed by atoms with E-state index in [2.05, 4.69) is 16.0 Å². The minimum absolute atomic E-state index is 0.000105. The maximum Gasteiger partial charge on any atom is 0.272 e. The molecule has 3 aromatic rings. The van der Waals surface area contributed by atoms with Gasteiger partial charge in [-0.2, -0.15) is 0 Å². The van der Waals surface area contributed by atoms with E-state index in [1.807, 2.05) is 41.1 Å². The molecule has 0 radical (unpaired) electrons. The zero-order chi connectivity index (χ0) is 14.7. The Bertz CT molecular complexity index is 809. The van der Waals surface area contributed by atoms with Crippen molar-refractivity contribution in [1.29, 1.82) is 0 Å². The molecule has 4 nitrogen and oxygen atoms in total. The number of fused-ring (bicyclic) bond motifs is 1. The maximum atomic E-state index is 12.3. The SMILES string of the molecule is Cc1nc2ccccc2n(CCCc2cccnc2)c1=O. The van der Waals surface area contributed by atoms with Crippen molar-refractivity contribution in [2.75, 3.05) is 0 Å². The van der Waals surface area contributed by atoms with Crippen LogP contribution in [0.15, 0.2) is 53.6 Å². The fraction of sp³-hybridized carbons (Fsp3) is 0.235. The smallest absolute Gasteiger partial charge is 0.272 e. The van der Waals surface area contributed by atoms with Crippen LogP contribution in [0, 0.1) is 6.92 Å². The number of hydrogen-bond acceptors (Lipinski definition) is 3. The topological polar surface area (TPSA) is 47.8 Å². The number of hydrogen-bond donors (Lipinski definition) is 0. The van der Waals surface area contributed by atoms with E-state index >= 15 is 0 Å². The number of rotatable bonds is 4. The molecule has 0 unspecified atom stereocenters. The molecular formula is C17H17N3O. The van der Waals surface area contributed by atoms with E-state index in [0.29, 0.717) is 12.2 Å². The molecular weight excluding hydrogens is 262 g/mol. The first-order valence-electron chi connectivity index (χ1n) is 7.11. The number of aryl methyl sites for hydroxylation is 3. The predicted molar refractivity (Wildman–Crippen MR) is 83.3 cm³/mol. The summed E-state index contributed by atoms with van der Waals surface area (Å²) in [5.74, 6) is 0. The van der Waals surface area contributed by atoms with E-state index in [1.54, 1.807) is 13.1 Å². The van der Waals surface area contributed by atoms with Crippen LogP contribution in [-0.2, 0) is 13.0 Å². The first kappa shape index (κ1) is 13.5. The van der Waals surface area contributed by atoms with Gasteiger partial charge in [-0.15, -0.1) is 0 Å². The highest BCUT2D eigenvalue weighted by Crippen LogP contribution is 2.11. The van der Waals surface area contributed by atoms with Crippen molar-refractivity contribution in [3.63, 3.8) is 0 Å². The summed E-state index contributed by atoms with van der Waals surface area (Å²) in [7, 11) is 0. The number of para-hydroxylation sites is 2. The maximum absolute atomic E-state index is 12.3. The average Bonchev–Trinajstić information content (AvgIpc) is 2.52. The molecule has 0 aliphatic rings. The Morgan fingerprint density at radius 2 is 2.00 bits per heavy atom. The Morgan fingerprint density at radius 3 is 2.81 bits per heavy atom. The highest BCUT2D eigenvalue weighted by Gasteiger charge is 2.07. The van der Waals surface area contributed by atoms with Gasteiger partial charge in [-0.1, -0.05) is 18.2 Å². The monoisotopic (exact) mass is 279 g/mol. The Balaban J connectivity index is 1.86. The molecule has 0 saturated heterocycles. The highest BCUT2D eigenvalue weighted by atomic mass is 16.1. The lowest BCUT2D eigenvalue weighted by Gasteiger charge is -2.10. The second-order valence-corrected chi connectivity index (χ2v) is 5.11. The number of aromatic nitrogens is 3. The average molecular weight is 279 g/mol. The summed E-state index contributed by atoms with van der Waals surface area (Å²) in [6, 6.07) is 11.8. The van der Waals surface area contributed by atoms with Crippen LogP contribution in [0.4, 0.5) is 0 Å². The van der Waals surface area contributed by atoms with Gasteiger partial charge in [0, 0.05) is 18.9 Å². The van der Waals surface area contributed by atoms with Gasteiger partial charge in [0.1, 0.15) is 5.69 Å². The normalized spacial score (nSPS) is 10.9. The lowest BCUT2D eigenvalue weighted by molar-refractivity contribution is 0.635. The molecule has 106 valence electrons. The summed E-state index contributed by atoms with van der Waals surface area (Å²) in [6.07, 6.45) is 5.46. The molecule has 2 heterocycles. The van der Waals surface area contributed by atoms with Gasteiger partial charge in [-0.25, -0.2) is 4.98 Å². The number of benzene rings is 1. The molecule has 4 heteroatoms. The predicted octanol–water partition coefficient (Wildman–Crippen LogP) is 2.73. The summed E-state index contributed by atoms with van der Waals surface area (Å²) >= 11 is 0. The van der Waals surface area contributed by atoms with Crippen molar-refractivity contribution in [2.24, 2.45) is 0 Å². The minimum Gasteiger partial charge on any atom is -0.305 e. The van der Waals surface area contributed by atoms with Gasteiger partial charge >= 0.3 is 0 Å². The molecule has 0 saturated carbocycles. The van der Waals surface area contributed by atoms with Crippen molar-refractivity contribution in [1.82, 2.24) is 14.5 Å². The van der Waals surface area contributed by atoms with E-state index in [1.165, 1.54) is 5.56 Å². The molecule has 0 atom stereocenters. The minimum atomic E-state index is -0.000105. The van der Waals surface area contributed by atoms with Crippen molar-refractivity contribution < 1.29 is 0 Å². The molecule has 0 fully saturated rings. The van der Waals surface area contributed by atoms with Crippen LogP contribution in [-0.4, -0.2) is 14.5 Å². The first-order chi connectivity index (χ1) is 10.3. The van der Waals surface area contributed by atoms with Crippen LogP contribution in [0.1, 0.15) is 17.7 Å². The van der Waals surface area contributed by atoms with Gasteiger partial charge in [-0.3, -0.25) is 9.78 Å². The first-order valence-corrected chi connectivity index (χ1v) is 7.11. The van der Waals surface area contributed by atoms with Crippen molar-refractivity contribution in [2.45, 2.75) is 26.3 Å². The molecule has 1 aromatic carbocycles. The number of nitrogens with zero attached hydrogens (tertiary/aromatic N) is 3. The van der Waals surface area contributed by atoms with Crippen LogP contribution in [0.2, 0.25) is 0 Å². The van der Waals surface area contributed by atoms with Gasteiger partial charge in [0.2, 0.25) is 0 Å². The van der Waals surface area contributed by atoms with Crippen LogP contribution in [0.25, 0.3) is 11.0 Å². The van der Waals surface area contributed by atoms with Crippen LogP contribution >= 0.6 is 0 Å². The summed E-state index contributed by atoms with van der Waals surface area (Å²) in [5.41, 5.74) is 3.52. The zero-order valence-electron chi connectivity index (χ0n) is 12.0.